The lowest BCUT2D eigenvalue weighted by atomic mass is 10.9. The first kappa shape index (κ1) is 11.1. The maximum atomic E-state index is 5.22. The van der Waals surface area contributed by atoms with Crippen molar-refractivity contribution in [2.75, 3.05) is 32.8 Å². The zero-order valence-corrected chi connectivity index (χ0v) is 8.55. The van der Waals surface area contributed by atoms with Crippen molar-refractivity contribution < 1.29 is 13.9 Å². The van der Waals surface area contributed by atoms with E-state index < -0.39 is 9.04 Å². The van der Waals surface area contributed by atoms with E-state index in [2.05, 4.69) is 0 Å². The molecule has 11 heavy (non-hydrogen) atoms. The van der Waals surface area contributed by atoms with Crippen LogP contribution in [-0.2, 0) is 13.9 Å². The molecule has 0 aliphatic rings. The highest BCUT2D eigenvalue weighted by molar-refractivity contribution is 6.51. The van der Waals surface area contributed by atoms with E-state index in [0.717, 1.165) is 25.7 Å². The van der Waals surface area contributed by atoms with Crippen LogP contribution in [0.25, 0.3) is 0 Å². The normalized spacial score (nSPS) is 10.9. The van der Waals surface area contributed by atoms with Crippen molar-refractivity contribution in [3.8, 4) is 0 Å². The van der Waals surface area contributed by atoms with E-state index in [1.165, 1.54) is 0 Å². The maximum Gasteiger partial charge on any atom is 0.264 e. The molecular weight excluding hydrogens is 160 g/mol. The molecule has 4 heteroatoms. The van der Waals surface area contributed by atoms with Gasteiger partial charge in [0.25, 0.3) is 9.04 Å². The molecule has 0 aromatic carbocycles. The van der Waals surface area contributed by atoms with E-state index in [0.29, 0.717) is 0 Å². The summed E-state index contributed by atoms with van der Waals surface area (Å²) in [5.41, 5.74) is 0. The molecular formula is C7H17O3Si. The molecule has 0 amide bonds. The highest BCUT2D eigenvalue weighted by Crippen LogP contribution is 1.87. The smallest absolute Gasteiger partial charge is 0.264 e. The Labute approximate surface area is 70.4 Å². The Morgan fingerprint density at radius 3 is 1.73 bits per heavy atom. The molecule has 0 aliphatic carbocycles. The second kappa shape index (κ2) is 8.20. The van der Waals surface area contributed by atoms with E-state index in [1.54, 1.807) is 7.11 Å². The molecule has 0 bridgehead atoms. The van der Waals surface area contributed by atoms with Gasteiger partial charge in [-0.1, -0.05) is 0 Å². The standard InChI is InChI=1S/C7H17O3Si/c1-4-9-6-11(8-3)7-10-5-2/h4-7H2,1-3H3. The van der Waals surface area contributed by atoms with E-state index in [-0.39, 0.29) is 0 Å². The average molecular weight is 177 g/mol. The quantitative estimate of drug-likeness (QED) is 0.538. The van der Waals surface area contributed by atoms with Gasteiger partial charge < -0.3 is 13.9 Å². The molecule has 0 spiro atoms. The van der Waals surface area contributed by atoms with Crippen LogP contribution >= 0.6 is 0 Å². The third-order valence-electron chi connectivity index (χ3n) is 1.22. The van der Waals surface area contributed by atoms with E-state index >= 15 is 0 Å². The minimum atomic E-state index is -0.854. The van der Waals surface area contributed by atoms with Gasteiger partial charge in [-0.05, 0) is 13.8 Å². The summed E-state index contributed by atoms with van der Waals surface area (Å²) < 4.78 is 15.7. The van der Waals surface area contributed by atoms with E-state index in [9.17, 15) is 0 Å². The molecule has 0 heterocycles. The maximum absolute atomic E-state index is 5.22. The summed E-state index contributed by atoms with van der Waals surface area (Å²) in [4.78, 5) is 0. The van der Waals surface area contributed by atoms with Crippen molar-refractivity contribution in [3.63, 3.8) is 0 Å². The van der Waals surface area contributed by atoms with Gasteiger partial charge in [-0.2, -0.15) is 0 Å². The van der Waals surface area contributed by atoms with Crippen LogP contribution in [0.3, 0.4) is 0 Å². The van der Waals surface area contributed by atoms with Gasteiger partial charge in [0.15, 0.2) is 0 Å². The second-order valence-electron chi connectivity index (χ2n) is 2.02. The predicted molar refractivity (Wildman–Crippen MR) is 45.7 cm³/mol. The number of rotatable bonds is 7. The number of ether oxygens (including phenoxy) is 2. The Kier molecular flexibility index (Phi) is 8.27. The fourth-order valence-corrected chi connectivity index (χ4v) is 1.77. The molecule has 0 aromatic rings. The summed E-state index contributed by atoms with van der Waals surface area (Å²) in [7, 11) is 0.861. The molecule has 1 radical (unpaired) electrons. The Bertz CT molecular complexity index is 72.1. The van der Waals surface area contributed by atoms with Gasteiger partial charge in [-0.3, -0.25) is 0 Å². The van der Waals surface area contributed by atoms with E-state index in [4.69, 9.17) is 13.9 Å². The molecule has 0 unspecified atom stereocenters. The molecule has 0 aromatic heterocycles. The number of hydrogen-bond donors (Lipinski definition) is 0. The minimum absolute atomic E-state index is 0.720. The van der Waals surface area contributed by atoms with Gasteiger partial charge in [-0.15, -0.1) is 0 Å². The van der Waals surface area contributed by atoms with Crippen LogP contribution in [0.4, 0.5) is 0 Å². The van der Waals surface area contributed by atoms with Gasteiger partial charge >= 0.3 is 0 Å². The lowest BCUT2D eigenvalue weighted by molar-refractivity contribution is 0.147. The average Bonchev–Trinajstić information content (AvgIpc) is 2.05. The predicted octanol–water partition coefficient (Wildman–Crippen LogP) is 0.776. The fraction of sp³-hybridized carbons (Fsp3) is 1.00. The summed E-state index contributed by atoms with van der Waals surface area (Å²) in [6, 6.07) is 0. The molecule has 0 fully saturated rings. The van der Waals surface area contributed by atoms with Gasteiger partial charge in [0, 0.05) is 20.3 Å². The molecule has 0 atom stereocenters. The Morgan fingerprint density at radius 2 is 1.45 bits per heavy atom. The summed E-state index contributed by atoms with van der Waals surface area (Å²) in [5, 5.41) is 0. The molecule has 0 rings (SSSR count). The van der Waals surface area contributed by atoms with Crippen molar-refractivity contribution in [2.24, 2.45) is 0 Å². The van der Waals surface area contributed by atoms with Crippen LogP contribution in [0.15, 0.2) is 0 Å². The zero-order valence-electron chi connectivity index (χ0n) is 7.55. The highest BCUT2D eigenvalue weighted by Gasteiger charge is 2.10. The van der Waals surface area contributed by atoms with Crippen molar-refractivity contribution in [1.82, 2.24) is 0 Å². The molecule has 67 valence electrons. The van der Waals surface area contributed by atoms with Crippen molar-refractivity contribution in [3.05, 3.63) is 0 Å². The topological polar surface area (TPSA) is 27.7 Å². The summed E-state index contributed by atoms with van der Waals surface area (Å²) >= 11 is 0. The number of hydrogen-bond acceptors (Lipinski definition) is 3. The summed E-state index contributed by atoms with van der Waals surface area (Å²) in [5.74, 6) is 0. The summed E-state index contributed by atoms with van der Waals surface area (Å²) in [6.45, 7) is 5.47. The minimum Gasteiger partial charge on any atom is -0.415 e. The largest absolute Gasteiger partial charge is 0.415 e. The van der Waals surface area contributed by atoms with Crippen LogP contribution in [0.5, 0.6) is 0 Å². The van der Waals surface area contributed by atoms with Gasteiger partial charge in [0.2, 0.25) is 0 Å². The Hall–Kier alpha value is 0.0969. The fourth-order valence-electron chi connectivity index (χ4n) is 0.591. The van der Waals surface area contributed by atoms with Gasteiger partial charge in [-0.25, -0.2) is 0 Å². The monoisotopic (exact) mass is 177 g/mol. The van der Waals surface area contributed by atoms with Crippen LogP contribution in [0.2, 0.25) is 0 Å². The summed E-state index contributed by atoms with van der Waals surface area (Å²) in [6.07, 6.45) is 1.44. The van der Waals surface area contributed by atoms with Crippen molar-refractivity contribution in [2.45, 2.75) is 13.8 Å². The van der Waals surface area contributed by atoms with Gasteiger partial charge in [0.05, 0.1) is 12.5 Å². The van der Waals surface area contributed by atoms with Crippen molar-refractivity contribution >= 4 is 9.04 Å². The first-order valence-corrected chi connectivity index (χ1v) is 5.71. The first-order chi connectivity index (χ1) is 5.35. The zero-order chi connectivity index (χ0) is 8.53. The third kappa shape index (κ3) is 6.49. The van der Waals surface area contributed by atoms with Crippen LogP contribution in [-0.4, -0.2) is 41.8 Å². The molecule has 0 N–H and O–H groups in total. The van der Waals surface area contributed by atoms with Gasteiger partial charge in [0.1, 0.15) is 0 Å². The third-order valence-corrected chi connectivity index (χ3v) is 2.85. The first-order valence-electron chi connectivity index (χ1n) is 3.89. The van der Waals surface area contributed by atoms with Crippen LogP contribution in [0, 0.1) is 0 Å². The van der Waals surface area contributed by atoms with Crippen LogP contribution < -0.4 is 0 Å². The molecule has 0 saturated carbocycles. The molecule has 0 saturated heterocycles. The Balaban J connectivity index is 3.25. The molecule has 3 nitrogen and oxygen atoms in total. The van der Waals surface area contributed by atoms with Crippen molar-refractivity contribution in [1.29, 1.82) is 0 Å². The second-order valence-corrected chi connectivity index (χ2v) is 4.08. The molecule has 0 aliphatic heterocycles. The SMILES string of the molecule is CCOC[Si](COCC)OC. The van der Waals surface area contributed by atoms with E-state index in [1.807, 2.05) is 13.8 Å². The lowest BCUT2D eigenvalue weighted by Gasteiger charge is -2.11. The van der Waals surface area contributed by atoms with Crippen LogP contribution in [0.1, 0.15) is 13.8 Å². The highest BCUT2D eigenvalue weighted by atomic mass is 28.3. The lowest BCUT2D eigenvalue weighted by Crippen LogP contribution is -2.30. The Morgan fingerprint density at radius 1 is 1.00 bits per heavy atom.